The molecule has 0 saturated carbocycles. The second kappa shape index (κ2) is 10.8. The zero-order valence-electron chi connectivity index (χ0n) is 19.2. The molecular weight excluding hydrogens is 424 g/mol. The molecule has 0 radical (unpaired) electrons. The summed E-state index contributed by atoms with van der Waals surface area (Å²) >= 11 is 0. The average Bonchev–Trinajstić information content (AvgIpc) is 3.19. The van der Waals surface area contributed by atoms with E-state index in [9.17, 15) is 14.4 Å². The summed E-state index contributed by atoms with van der Waals surface area (Å²) in [6.07, 6.45) is -1.05. The lowest BCUT2D eigenvalue weighted by Crippen LogP contribution is -2.43. The van der Waals surface area contributed by atoms with Gasteiger partial charge in [-0.15, -0.1) is 0 Å². The standard InChI is InChI=1S/C25H30N2O6/c1-25(2,3)33-23(29)26-20-14-21(22(28)31-16-18-10-6-4-7-11-18)27(15-20)24(30)32-17-19-12-8-5-9-13-19/h4-13,20-21H,14-17H2,1-3H3,(H,26,29)/t20-,21+/m1/s1. The summed E-state index contributed by atoms with van der Waals surface area (Å²) in [5.41, 5.74) is 1.01. The Hall–Kier alpha value is -3.55. The monoisotopic (exact) mass is 454 g/mol. The van der Waals surface area contributed by atoms with Crippen molar-refractivity contribution in [3.8, 4) is 0 Å². The van der Waals surface area contributed by atoms with Crippen LogP contribution in [0.1, 0.15) is 38.3 Å². The number of carbonyl (C=O) groups excluding carboxylic acids is 3. The lowest BCUT2D eigenvalue weighted by atomic mass is 10.1. The maximum absolute atomic E-state index is 12.9. The van der Waals surface area contributed by atoms with Crippen LogP contribution in [0.5, 0.6) is 0 Å². The molecule has 33 heavy (non-hydrogen) atoms. The average molecular weight is 455 g/mol. The molecule has 2 aromatic rings. The molecule has 1 heterocycles. The third kappa shape index (κ3) is 7.52. The van der Waals surface area contributed by atoms with Crippen LogP contribution in [0.2, 0.25) is 0 Å². The highest BCUT2D eigenvalue weighted by Gasteiger charge is 2.42. The number of amides is 2. The lowest BCUT2D eigenvalue weighted by molar-refractivity contribution is -0.149. The number of likely N-dealkylation sites (tertiary alicyclic amines) is 1. The van der Waals surface area contributed by atoms with E-state index in [0.29, 0.717) is 0 Å². The first kappa shape index (κ1) is 24.1. The second-order valence-electron chi connectivity index (χ2n) is 8.88. The van der Waals surface area contributed by atoms with Crippen LogP contribution in [0.15, 0.2) is 60.7 Å². The normalized spacial score (nSPS) is 17.8. The number of nitrogens with one attached hydrogen (secondary N) is 1. The minimum absolute atomic E-state index is 0.0755. The van der Waals surface area contributed by atoms with Crippen LogP contribution in [-0.2, 0) is 32.2 Å². The number of esters is 1. The largest absolute Gasteiger partial charge is 0.459 e. The summed E-state index contributed by atoms with van der Waals surface area (Å²) in [4.78, 5) is 39.2. The summed E-state index contributed by atoms with van der Waals surface area (Å²) in [5, 5.41) is 2.73. The Balaban J connectivity index is 1.65. The molecule has 8 nitrogen and oxygen atoms in total. The first-order valence-corrected chi connectivity index (χ1v) is 10.9. The molecule has 1 fully saturated rings. The number of alkyl carbamates (subject to hydrolysis) is 1. The quantitative estimate of drug-likeness (QED) is 0.523. The van der Waals surface area contributed by atoms with Gasteiger partial charge in [0.25, 0.3) is 0 Å². The van der Waals surface area contributed by atoms with Crippen molar-refractivity contribution < 1.29 is 28.6 Å². The molecule has 3 rings (SSSR count). The fourth-order valence-electron chi connectivity index (χ4n) is 3.47. The third-order valence-electron chi connectivity index (χ3n) is 4.96. The predicted octanol–water partition coefficient (Wildman–Crippen LogP) is 4.03. The van der Waals surface area contributed by atoms with Gasteiger partial charge in [-0.05, 0) is 31.9 Å². The SMILES string of the molecule is CC(C)(C)OC(=O)N[C@@H]1C[C@@H](C(=O)OCc2ccccc2)N(C(=O)OCc2ccccc2)C1. The highest BCUT2D eigenvalue weighted by atomic mass is 16.6. The Bertz CT molecular complexity index is 879. The minimum atomic E-state index is -0.878. The molecule has 0 aromatic heterocycles. The van der Waals surface area contributed by atoms with Crippen LogP contribution < -0.4 is 5.32 Å². The van der Waals surface area contributed by atoms with Crippen LogP contribution >= 0.6 is 0 Å². The molecule has 1 saturated heterocycles. The molecular formula is C25H30N2O6. The molecule has 1 N–H and O–H groups in total. The van der Waals surface area contributed by atoms with E-state index < -0.39 is 35.8 Å². The number of nitrogens with zero attached hydrogens (tertiary/aromatic N) is 1. The van der Waals surface area contributed by atoms with E-state index in [1.54, 1.807) is 20.8 Å². The molecule has 176 valence electrons. The van der Waals surface area contributed by atoms with Gasteiger partial charge in [0.05, 0.1) is 6.04 Å². The van der Waals surface area contributed by atoms with Crippen molar-refractivity contribution in [1.82, 2.24) is 10.2 Å². The van der Waals surface area contributed by atoms with Crippen molar-refractivity contribution in [3.05, 3.63) is 71.8 Å². The number of carbonyl (C=O) groups is 3. The maximum atomic E-state index is 12.9. The van der Waals surface area contributed by atoms with E-state index in [1.165, 1.54) is 4.90 Å². The second-order valence-corrected chi connectivity index (χ2v) is 8.88. The Labute approximate surface area is 193 Å². The van der Waals surface area contributed by atoms with Crippen molar-refractivity contribution in [1.29, 1.82) is 0 Å². The summed E-state index contributed by atoms with van der Waals surface area (Å²) in [5.74, 6) is -0.552. The van der Waals surface area contributed by atoms with Crippen LogP contribution in [-0.4, -0.2) is 47.3 Å². The Kier molecular flexibility index (Phi) is 7.92. The van der Waals surface area contributed by atoms with E-state index in [4.69, 9.17) is 14.2 Å². The Morgan fingerprint density at radius 2 is 1.45 bits per heavy atom. The number of ether oxygens (including phenoxy) is 3. The Morgan fingerprint density at radius 3 is 2.00 bits per heavy atom. The first-order valence-electron chi connectivity index (χ1n) is 10.9. The van der Waals surface area contributed by atoms with Gasteiger partial charge in [-0.25, -0.2) is 14.4 Å². The van der Waals surface area contributed by atoms with Gasteiger partial charge >= 0.3 is 18.2 Å². The molecule has 2 amide bonds. The van der Waals surface area contributed by atoms with E-state index in [0.717, 1.165) is 11.1 Å². The molecule has 2 atom stereocenters. The van der Waals surface area contributed by atoms with Gasteiger partial charge in [-0.1, -0.05) is 60.7 Å². The van der Waals surface area contributed by atoms with Crippen molar-refractivity contribution >= 4 is 18.2 Å². The fourth-order valence-corrected chi connectivity index (χ4v) is 3.47. The van der Waals surface area contributed by atoms with Crippen molar-refractivity contribution in [3.63, 3.8) is 0 Å². The van der Waals surface area contributed by atoms with Gasteiger partial charge in [0.2, 0.25) is 0 Å². The van der Waals surface area contributed by atoms with Crippen molar-refractivity contribution in [2.75, 3.05) is 6.54 Å². The van der Waals surface area contributed by atoms with E-state index in [2.05, 4.69) is 5.32 Å². The van der Waals surface area contributed by atoms with Gasteiger partial charge < -0.3 is 19.5 Å². The van der Waals surface area contributed by atoms with Gasteiger partial charge in [0.1, 0.15) is 24.9 Å². The fraction of sp³-hybridized carbons (Fsp3) is 0.400. The minimum Gasteiger partial charge on any atom is -0.459 e. The topological polar surface area (TPSA) is 94.2 Å². The van der Waals surface area contributed by atoms with Gasteiger partial charge in [0, 0.05) is 13.0 Å². The van der Waals surface area contributed by atoms with Crippen LogP contribution in [0.3, 0.4) is 0 Å². The van der Waals surface area contributed by atoms with Crippen LogP contribution in [0.4, 0.5) is 9.59 Å². The number of hydrogen-bond acceptors (Lipinski definition) is 6. The smallest absolute Gasteiger partial charge is 0.410 e. The zero-order valence-corrected chi connectivity index (χ0v) is 19.2. The summed E-state index contributed by atoms with van der Waals surface area (Å²) in [6.45, 7) is 5.56. The Morgan fingerprint density at radius 1 is 0.909 bits per heavy atom. The molecule has 0 aliphatic carbocycles. The molecule has 2 aromatic carbocycles. The molecule has 0 bridgehead atoms. The molecule has 1 aliphatic rings. The molecule has 8 heteroatoms. The van der Waals surface area contributed by atoms with E-state index in [1.807, 2.05) is 60.7 Å². The molecule has 0 spiro atoms. The van der Waals surface area contributed by atoms with Gasteiger partial charge in [-0.3, -0.25) is 4.90 Å². The number of benzene rings is 2. The van der Waals surface area contributed by atoms with E-state index in [-0.39, 0.29) is 26.2 Å². The number of hydrogen-bond donors (Lipinski definition) is 1. The lowest BCUT2D eigenvalue weighted by Gasteiger charge is -2.23. The zero-order chi connectivity index (χ0) is 23.8. The highest BCUT2D eigenvalue weighted by molar-refractivity contribution is 5.82. The molecule has 1 aliphatic heterocycles. The van der Waals surface area contributed by atoms with E-state index >= 15 is 0 Å². The van der Waals surface area contributed by atoms with Crippen molar-refractivity contribution in [2.45, 2.75) is 58.1 Å². The predicted molar refractivity (Wildman–Crippen MR) is 121 cm³/mol. The number of rotatable bonds is 6. The van der Waals surface area contributed by atoms with Gasteiger partial charge in [-0.2, -0.15) is 0 Å². The third-order valence-corrected chi connectivity index (χ3v) is 4.96. The highest BCUT2D eigenvalue weighted by Crippen LogP contribution is 2.22. The van der Waals surface area contributed by atoms with Gasteiger partial charge in [0.15, 0.2) is 0 Å². The maximum Gasteiger partial charge on any atom is 0.410 e. The van der Waals surface area contributed by atoms with Crippen molar-refractivity contribution in [2.24, 2.45) is 0 Å². The van der Waals surface area contributed by atoms with Crippen LogP contribution in [0.25, 0.3) is 0 Å². The summed E-state index contributed by atoms with van der Waals surface area (Å²) in [6, 6.07) is 17.2. The van der Waals surface area contributed by atoms with Crippen LogP contribution in [0, 0.1) is 0 Å². The molecule has 0 unspecified atom stereocenters. The summed E-state index contributed by atoms with van der Waals surface area (Å²) in [7, 11) is 0. The first-order chi connectivity index (χ1) is 15.7. The summed E-state index contributed by atoms with van der Waals surface area (Å²) < 4.78 is 16.2.